The van der Waals surface area contributed by atoms with E-state index < -0.39 is 5.97 Å². The molecule has 2 aromatic rings. The molecule has 0 amide bonds. The molecule has 0 spiro atoms. The Balaban J connectivity index is 0.000000956. The highest BCUT2D eigenvalue weighted by Crippen LogP contribution is 2.18. The number of hydrogen-bond donors (Lipinski definition) is 1. The van der Waals surface area contributed by atoms with E-state index in [0.29, 0.717) is 0 Å². The first-order valence-electron chi connectivity index (χ1n) is 7.32. The van der Waals surface area contributed by atoms with Gasteiger partial charge in [-0.25, -0.2) is 0 Å². The van der Waals surface area contributed by atoms with Crippen LogP contribution in [0.4, 0.5) is 0 Å². The molecule has 20 heavy (non-hydrogen) atoms. The fourth-order valence-electron chi connectivity index (χ4n) is 2.14. The molecule has 0 saturated heterocycles. The molecule has 1 N–H and O–H groups in total. The lowest BCUT2D eigenvalue weighted by Crippen LogP contribution is -1.94. The van der Waals surface area contributed by atoms with E-state index in [-0.39, 0.29) is 6.42 Å². The van der Waals surface area contributed by atoms with Gasteiger partial charge in [-0.05, 0) is 37.0 Å². The van der Waals surface area contributed by atoms with Crippen molar-refractivity contribution in [1.82, 2.24) is 4.98 Å². The maximum Gasteiger partial charge on any atom is 0.303 e. The average molecular weight is 273 g/mol. The maximum absolute atomic E-state index is 10.4. The zero-order chi connectivity index (χ0) is 14.8. The monoisotopic (exact) mass is 273 g/mol. The number of carboxylic acids is 1. The SMILES string of the molecule is CC.O=C(O)CCCCCc1ccnc2ccccc12. The Morgan fingerprint density at radius 3 is 2.60 bits per heavy atom. The van der Waals surface area contributed by atoms with Crippen LogP contribution in [0.3, 0.4) is 0 Å². The van der Waals surface area contributed by atoms with Crippen molar-refractivity contribution < 1.29 is 9.90 Å². The zero-order valence-electron chi connectivity index (χ0n) is 12.3. The number of unbranched alkanes of at least 4 members (excludes halogenated alkanes) is 2. The number of pyridine rings is 1. The molecule has 0 unspecified atom stereocenters. The van der Waals surface area contributed by atoms with E-state index in [9.17, 15) is 4.79 Å². The highest BCUT2D eigenvalue weighted by Gasteiger charge is 2.01. The molecule has 1 aromatic heterocycles. The maximum atomic E-state index is 10.4. The molecule has 0 saturated carbocycles. The molecule has 0 radical (unpaired) electrons. The number of carbonyl (C=O) groups is 1. The molecular formula is C17H23NO2. The minimum Gasteiger partial charge on any atom is -0.481 e. The van der Waals surface area contributed by atoms with Gasteiger partial charge in [-0.1, -0.05) is 38.5 Å². The normalized spacial score (nSPS) is 9.90. The van der Waals surface area contributed by atoms with E-state index in [2.05, 4.69) is 17.1 Å². The van der Waals surface area contributed by atoms with Crippen LogP contribution in [0.5, 0.6) is 0 Å². The predicted molar refractivity (Wildman–Crippen MR) is 82.9 cm³/mol. The second-order valence-corrected chi connectivity index (χ2v) is 4.44. The van der Waals surface area contributed by atoms with Crippen molar-refractivity contribution in [2.24, 2.45) is 0 Å². The molecule has 0 aliphatic carbocycles. The summed E-state index contributed by atoms with van der Waals surface area (Å²) < 4.78 is 0. The second kappa shape index (κ2) is 9.08. The number of hydrogen-bond acceptors (Lipinski definition) is 2. The largest absolute Gasteiger partial charge is 0.481 e. The van der Waals surface area contributed by atoms with Crippen LogP contribution in [0.15, 0.2) is 36.5 Å². The lowest BCUT2D eigenvalue weighted by molar-refractivity contribution is -0.137. The molecule has 3 heteroatoms. The first kappa shape index (κ1) is 16.2. The van der Waals surface area contributed by atoms with Crippen LogP contribution in [-0.2, 0) is 11.2 Å². The lowest BCUT2D eigenvalue weighted by Gasteiger charge is -2.05. The first-order chi connectivity index (χ1) is 9.77. The Bertz CT molecular complexity index is 532. The first-order valence-corrected chi connectivity index (χ1v) is 7.32. The summed E-state index contributed by atoms with van der Waals surface area (Å²) in [6, 6.07) is 10.2. The number of carboxylic acid groups (broad SMARTS) is 1. The van der Waals surface area contributed by atoms with Crippen molar-refractivity contribution in [2.75, 3.05) is 0 Å². The summed E-state index contributed by atoms with van der Waals surface area (Å²) in [5.74, 6) is -0.704. The van der Waals surface area contributed by atoms with Crippen LogP contribution >= 0.6 is 0 Å². The van der Waals surface area contributed by atoms with Gasteiger partial charge < -0.3 is 5.11 Å². The third kappa shape index (κ3) is 5.00. The van der Waals surface area contributed by atoms with E-state index in [0.717, 1.165) is 31.2 Å². The van der Waals surface area contributed by atoms with Gasteiger partial charge in [-0.15, -0.1) is 0 Å². The number of fused-ring (bicyclic) bond motifs is 1. The van der Waals surface area contributed by atoms with Gasteiger partial charge in [0, 0.05) is 18.0 Å². The highest BCUT2D eigenvalue weighted by atomic mass is 16.4. The Hall–Kier alpha value is -1.90. The molecule has 2 rings (SSSR count). The van der Waals surface area contributed by atoms with Crippen molar-refractivity contribution >= 4 is 16.9 Å². The molecule has 0 aliphatic heterocycles. The van der Waals surface area contributed by atoms with Crippen molar-refractivity contribution in [3.8, 4) is 0 Å². The van der Waals surface area contributed by atoms with Gasteiger partial charge >= 0.3 is 5.97 Å². The predicted octanol–water partition coefficient (Wildman–Crippen LogP) is 4.45. The molecular weight excluding hydrogens is 250 g/mol. The van der Waals surface area contributed by atoms with Gasteiger partial charge in [0.25, 0.3) is 0 Å². The van der Waals surface area contributed by atoms with Crippen molar-refractivity contribution in [3.63, 3.8) is 0 Å². The van der Waals surface area contributed by atoms with Gasteiger partial charge in [0.05, 0.1) is 5.52 Å². The Kier molecular flexibility index (Phi) is 7.33. The quantitative estimate of drug-likeness (QED) is 0.791. The Labute approximate surface area is 120 Å². The van der Waals surface area contributed by atoms with Gasteiger partial charge in [0.1, 0.15) is 0 Å². The lowest BCUT2D eigenvalue weighted by atomic mass is 10.0. The van der Waals surface area contributed by atoms with Gasteiger partial charge in [0.15, 0.2) is 0 Å². The van der Waals surface area contributed by atoms with E-state index in [4.69, 9.17) is 5.11 Å². The molecule has 0 atom stereocenters. The molecule has 1 aromatic carbocycles. The number of para-hydroxylation sites is 1. The number of benzene rings is 1. The summed E-state index contributed by atoms with van der Waals surface area (Å²) in [7, 11) is 0. The Morgan fingerprint density at radius 1 is 1.10 bits per heavy atom. The van der Waals surface area contributed by atoms with Crippen molar-refractivity contribution in [1.29, 1.82) is 0 Å². The summed E-state index contributed by atoms with van der Waals surface area (Å²) in [5, 5.41) is 9.77. The van der Waals surface area contributed by atoms with E-state index in [1.54, 1.807) is 0 Å². The number of nitrogens with zero attached hydrogens (tertiary/aromatic N) is 1. The Morgan fingerprint density at radius 2 is 1.85 bits per heavy atom. The minimum atomic E-state index is -0.704. The molecule has 3 nitrogen and oxygen atoms in total. The standard InChI is InChI=1S/C15H17NO2.C2H6/c17-15(18)9-3-1-2-6-12-10-11-16-14-8-5-4-7-13(12)14;1-2/h4-5,7-8,10-11H,1-3,6,9H2,(H,17,18);1-2H3. The number of aromatic nitrogens is 1. The molecule has 0 aliphatic rings. The van der Waals surface area contributed by atoms with Crippen LogP contribution in [0, 0.1) is 0 Å². The van der Waals surface area contributed by atoms with Gasteiger partial charge in [-0.2, -0.15) is 0 Å². The van der Waals surface area contributed by atoms with E-state index in [1.807, 2.05) is 38.2 Å². The average Bonchev–Trinajstić information content (AvgIpc) is 2.49. The van der Waals surface area contributed by atoms with Crippen molar-refractivity contribution in [2.45, 2.75) is 46.0 Å². The highest BCUT2D eigenvalue weighted by molar-refractivity contribution is 5.81. The summed E-state index contributed by atoms with van der Waals surface area (Å²) in [5.41, 5.74) is 2.33. The zero-order valence-corrected chi connectivity index (χ0v) is 12.3. The summed E-state index contributed by atoms with van der Waals surface area (Å²) in [6.45, 7) is 4.00. The van der Waals surface area contributed by atoms with Crippen LogP contribution in [0.2, 0.25) is 0 Å². The minimum absolute atomic E-state index is 0.275. The summed E-state index contributed by atoms with van der Waals surface area (Å²) in [4.78, 5) is 14.7. The van der Waals surface area contributed by atoms with E-state index in [1.165, 1.54) is 10.9 Å². The molecule has 0 bridgehead atoms. The molecule has 1 heterocycles. The van der Waals surface area contributed by atoms with Gasteiger partial charge in [0.2, 0.25) is 0 Å². The summed E-state index contributed by atoms with van der Waals surface area (Å²) in [6.07, 6.45) is 5.86. The second-order valence-electron chi connectivity index (χ2n) is 4.44. The number of aryl methyl sites for hydroxylation is 1. The van der Waals surface area contributed by atoms with Crippen LogP contribution in [0.25, 0.3) is 10.9 Å². The molecule has 108 valence electrons. The van der Waals surface area contributed by atoms with E-state index >= 15 is 0 Å². The fraction of sp³-hybridized carbons (Fsp3) is 0.412. The fourth-order valence-corrected chi connectivity index (χ4v) is 2.14. The molecule has 0 fully saturated rings. The third-order valence-corrected chi connectivity index (χ3v) is 3.08. The van der Waals surface area contributed by atoms with Crippen LogP contribution < -0.4 is 0 Å². The number of rotatable bonds is 6. The van der Waals surface area contributed by atoms with Crippen LogP contribution in [-0.4, -0.2) is 16.1 Å². The van der Waals surface area contributed by atoms with Gasteiger partial charge in [-0.3, -0.25) is 9.78 Å². The number of aliphatic carboxylic acids is 1. The topological polar surface area (TPSA) is 50.2 Å². The smallest absolute Gasteiger partial charge is 0.303 e. The van der Waals surface area contributed by atoms with Crippen LogP contribution in [0.1, 0.15) is 45.1 Å². The van der Waals surface area contributed by atoms with Crippen molar-refractivity contribution in [3.05, 3.63) is 42.1 Å². The summed E-state index contributed by atoms with van der Waals surface area (Å²) >= 11 is 0. The third-order valence-electron chi connectivity index (χ3n) is 3.08.